The summed E-state index contributed by atoms with van der Waals surface area (Å²) in [5.74, 6) is 1.80. The van der Waals surface area contributed by atoms with Crippen molar-refractivity contribution in [1.29, 1.82) is 0 Å². The lowest BCUT2D eigenvalue weighted by Crippen LogP contribution is -2.21. The Balaban J connectivity index is 1.43. The van der Waals surface area contributed by atoms with E-state index in [9.17, 15) is 10.1 Å². The van der Waals surface area contributed by atoms with Gasteiger partial charge in [0.05, 0.1) is 20.8 Å². The molecule has 1 atom stereocenters. The Morgan fingerprint density at radius 3 is 2.66 bits per heavy atom. The number of likely N-dealkylation sites (tertiary alicyclic amines) is 1. The molecule has 10 heteroatoms. The number of hydrogen-bond acceptors (Lipinski definition) is 8. The number of hydrogen-bond donors (Lipinski definition) is 1. The number of halogens is 1. The van der Waals surface area contributed by atoms with Crippen molar-refractivity contribution in [3.05, 3.63) is 82.1 Å². The maximum Gasteiger partial charge on any atom is 0.311 e. The molecule has 0 spiro atoms. The highest BCUT2D eigenvalue weighted by Gasteiger charge is 2.26. The number of anilines is 2. The lowest BCUT2D eigenvalue weighted by Gasteiger charge is -2.15. The van der Waals surface area contributed by atoms with Gasteiger partial charge < -0.3 is 19.7 Å². The van der Waals surface area contributed by atoms with Gasteiger partial charge in [0, 0.05) is 30.9 Å². The molecule has 1 aliphatic rings. The lowest BCUT2D eigenvalue weighted by atomic mass is 10.2. The fourth-order valence-electron chi connectivity index (χ4n) is 3.99. The van der Waals surface area contributed by atoms with E-state index in [0.29, 0.717) is 38.9 Å². The van der Waals surface area contributed by atoms with Crippen molar-refractivity contribution in [2.75, 3.05) is 25.5 Å². The second-order valence-electron chi connectivity index (χ2n) is 8.29. The Morgan fingerprint density at radius 1 is 1.11 bits per heavy atom. The average molecular weight is 492 g/mol. The molecule has 178 valence electrons. The van der Waals surface area contributed by atoms with Crippen LogP contribution in [0.2, 0.25) is 5.02 Å². The second kappa shape index (κ2) is 9.73. The number of benzene rings is 3. The SMILES string of the molecule is CN1CC[C@@H](Oc2cc3ncnc(Nc4ccc(Oc5ccccc5)c(Cl)c4)c3cc2[N+](=O)[O-])C1. The standard InChI is InChI=1S/C25H22ClN5O4/c1-30-10-9-18(14-30)35-24-13-21-19(12-22(24)31(32)33)25(28-15-27-21)29-16-7-8-23(20(26)11-16)34-17-5-3-2-4-6-17/h2-8,11-13,15,18H,9-10,14H2,1H3,(H,27,28,29)/t18-/m1/s1. The van der Waals surface area contributed by atoms with E-state index in [-0.39, 0.29) is 17.5 Å². The van der Waals surface area contributed by atoms with E-state index in [1.165, 1.54) is 12.4 Å². The maximum absolute atomic E-state index is 11.8. The number of nitrogens with one attached hydrogen (secondary N) is 1. The fourth-order valence-corrected chi connectivity index (χ4v) is 4.21. The zero-order valence-electron chi connectivity index (χ0n) is 18.8. The van der Waals surface area contributed by atoms with Crippen molar-refractivity contribution < 1.29 is 14.4 Å². The molecule has 3 aromatic carbocycles. The van der Waals surface area contributed by atoms with E-state index in [0.717, 1.165) is 19.5 Å². The number of fused-ring (bicyclic) bond motifs is 1. The average Bonchev–Trinajstić information content (AvgIpc) is 3.25. The van der Waals surface area contributed by atoms with Crippen LogP contribution in [0.5, 0.6) is 17.2 Å². The van der Waals surface area contributed by atoms with E-state index in [2.05, 4.69) is 20.2 Å². The number of para-hydroxylation sites is 1. The molecule has 2 heterocycles. The normalized spacial score (nSPS) is 15.8. The summed E-state index contributed by atoms with van der Waals surface area (Å²) in [4.78, 5) is 22.1. The maximum atomic E-state index is 11.8. The molecule has 5 rings (SSSR count). The Labute approximate surface area is 206 Å². The Hall–Kier alpha value is -3.95. The van der Waals surface area contributed by atoms with E-state index in [4.69, 9.17) is 21.1 Å². The van der Waals surface area contributed by atoms with Gasteiger partial charge in [0.25, 0.3) is 0 Å². The molecule has 0 bridgehead atoms. The lowest BCUT2D eigenvalue weighted by molar-refractivity contribution is -0.385. The van der Waals surface area contributed by atoms with E-state index >= 15 is 0 Å². The van der Waals surface area contributed by atoms with Crippen molar-refractivity contribution >= 4 is 39.7 Å². The van der Waals surface area contributed by atoms with Gasteiger partial charge in [0.2, 0.25) is 0 Å². The van der Waals surface area contributed by atoms with Gasteiger partial charge in [0.15, 0.2) is 5.75 Å². The third-order valence-corrected chi connectivity index (χ3v) is 6.02. The molecule has 0 radical (unpaired) electrons. The van der Waals surface area contributed by atoms with Gasteiger partial charge in [-0.15, -0.1) is 0 Å². The number of nitro benzene ring substituents is 1. The highest BCUT2D eigenvalue weighted by molar-refractivity contribution is 6.32. The number of ether oxygens (including phenoxy) is 2. The quantitative estimate of drug-likeness (QED) is 0.255. The first-order chi connectivity index (χ1) is 17.0. The minimum absolute atomic E-state index is 0.102. The van der Waals surface area contributed by atoms with Gasteiger partial charge >= 0.3 is 5.69 Å². The van der Waals surface area contributed by atoms with E-state index in [1.54, 1.807) is 24.3 Å². The van der Waals surface area contributed by atoms with Gasteiger partial charge in [-0.2, -0.15) is 0 Å². The van der Waals surface area contributed by atoms with Crippen LogP contribution < -0.4 is 14.8 Å². The van der Waals surface area contributed by atoms with Crippen LogP contribution >= 0.6 is 11.6 Å². The first-order valence-electron chi connectivity index (χ1n) is 11.0. The molecular weight excluding hydrogens is 470 g/mol. The van der Waals surface area contributed by atoms with Crippen molar-refractivity contribution in [1.82, 2.24) is 14.9 Å². The smallest absolute Gasteiger partial charge is 0.311 e. The van der Waals surface area contributed by atoms with Gasteiger partial charge in [-0.1, -0.05) is 29.8 Å². The van der Waals surface area contributed by atoms with Crippen LogP contribution in [0, 0.1) is 10.1 Å². The predicted molar refractivity (Wildman–Crippen MR) is 134 cm³/mol. The van der Waals surface area contributed by atoms with Gasteiger partial charge in [-0.25, -0.2) is 9.97 Å². The van der Waals surface area contributed by atoms with E-state index in [1.807, 2.05) is 37.4 Å². The molecule has 1 N–H and O–H groups in total. The number of nitro groups is 1. The first-order valence-corrected chi connectivity index (χ1v) is 11.4. The molecule has 1 aromatic heterocycles. The van der Waals surface area contributed by atoms with Crippen molar-refractivity contribution in [3.63, 3.8) is 0 Å². The Morgan fingerprint density at radius 2 is 1.94 bits per heavy atom. The van der Waals surface area contributed by atoms with E-state index < -0.39 is 4.92 Å². The van der Waals surface area contributed by atoms with Crippen LogP contribution in [0.25, 0.3) is 10.9 Å². The first kappa shape index (κ1) is 22.8. The molecule has 1 saturated heterocycles. The Kier molecular flexibility index (Phi) is 6.35. The summed E-state index contributed by atoms with van der Waals surface area (Å²) in [6.45, 7) is 1.61. The van der Waals surface area contributed by atoms with Crippen LogP contribution in [0.15, 0.2) is 67.0 Å². The topological polar surface area (TPSA) is 103 Å². The second-order valence-corrected chi connectivity index (χ2v) is 8.70. The summed E-state index contributed by atoms with van der Waals surface area (Å²) in [7, 11) is 2.00. The molecule has 35 heavy (non-hydrogen) atoms. The number of aromatic nitrogens is 2. The largest absolute Gasteiger partial charge is 0.482 e. The molecule has 9 nitrogen and oxygen atoms in total. The predicted octanol–water partition coefficient (Wildman–Crippen LogP) is 5.81. The molecular formula is C25H22ClN5O4. The molecule has 0 saturated carbocycles. The van der Waals surface area contributed by atoms with Crippen LogP contribution in [0.3, 0.4) is 0 Å². The summed E-state index contributed by atoms with van der Waals surface area (Å²) in [5, 5.41) is 15.9. The summed E-state index contributed by atoms with van der Waals surface area (Å²) in [6, 6.07) is 17.6. The van der Waals surface area contributed by atoms with Gasteiger partial charge in [-0.05, 0) is 43.8 Å². The van der Waals surface area contributed by atoms with Gasteiger partial charge in [-0.3, -0.25) is 10.1 Å². The Bertz CT molecular complexity index is 1390. The van der Waals surface area contributed by atoms with Crippen LogP contribution in [0.1, 0.15) is 6.42 Å². The number of rotatable bonds is 7. The zero-order chi connectivity index (χ0) is 24.4. The van der Waals surface area contributed by atoms with Crippen LogP contribution in [0.4, 0.5) is 17.2 Å². The van der Waals surface area contributed by atoms with Crippen LogP contribution in [-0.4, -0.2) is 46.0 Å². The third-order valence-electron chi connectivity index (χ3n) is 5.72. The molecule has 4 aromatic rings. The van der Waals surface area contributed by atoms with Crippen LogP contribution in [-0.2, 0) is 0 Å². The number of likely N-dealkylation sites (N-methyl/N-ethyl adjacent to an activating group) is 1. The highest BCUT2D eigenvalue weighted by Crippen LogP contribution is 2.37. The van der Waals surface area contributed by atoms with Crippen molar-refractivity contribution in [2.45, 2.75) is 12.5 Å². The molecule has 1 aliphatic heterocycles. The molecule has 0 unspecified atom stereocenters. The molecule has 0 aliphatic carbocycles. The highest BCUT2D eigenvalue weighted by atomic mass is 35.5. The summed E-state index contributed by atoms with van der Waals surface area (Å²) in [6.07, 6.45) is 2.11. The number of nitrogens with zero attached hydrogens (tertiary/aromatic N) is 4. The monoisotopic (exact) mass is 491 g/mol. The van der Waals surface area contributed by atoms with Gasteiger partial charge in [0.1, 0.15) is 29.7 Å². The zero-order valence-corrected chi connectivity index (χ0v) is 19.6. The third kappa shape index (κ3) is 5.11. The summed E-state index contributed by atoms with van der Waals surface area (Å²) in [5.41, 5.74) is 1.05. The summed E-state index contributed by atoms with van der Waals surface area (Å²) >= 11 is 6.44. The fraction of sp³-hybridized carbons (Fsp3) is 0.200. The minimum Gasteiger partial charge on any atom is -0.482 e. The molecule has 1 fully saturated rings. The summed E-state index contributed by atoms with van der Waals surface area (Å²) < 4.78 is 11.8. The minimum atomic E-state index is -0.448. The van der Waals surface area contributed by atoms with Crippen molar-refractivity contribution in [2.24, 2.45) is 0 Å². The van der Waals surface area contributed by atoms with Crippen molar-refractivity contribution in [3.8, 4) is 17.2 Å². The molecule has 0 amide bonds.